The molecule has 0 fully saturated rings. The Bertz CT molecular complexity index is 382. The molecule has 102 valence electrons. The Morgan fingerprint density at radius 1 is 1.11 bits per heavy atom. The van der Waals surface area contributed by atoms with Crippen molar-refractivity contribution in [2.45, 2.75) is 39.4 Å². The Labute approximate surface area is 108 Å². The van der Waals surface area contributed by atoms with E-state index in [2.05, 4.69) is 0 Å². The van der Waals surface area contributed by atoms with Crippen LogP contribution in [0.3, 0.4) is 0 Å². The van der Waals surface area contributed by atoms with E-state index in [0.717, 1.165) is 0 Å². The summed E-state index contributed by atoms with van der Waals surface area (Å²) in [5.41, 5.74) is -0.592. The Kier molecular flexibility index (Phi) is 4.99. The molecule has 0 radical (unpaired) electrons. The van der Waals surface area contributed by atoms with Gasteiger partial charge in [0.05, 0.1) is 18.8 Å². The van der Waals surface area contributed by atoms with Gasteiger partial charge in [-0.1, -0.05) is 6.07 Å². The molecule has 1 rings (SSSR count). The van der Waals surface area contributed by atoms with Crippen LogP contribution in [0.2, 0.25) is 0 Å². The average Bonchev–Trinajstić information content (AvgIpc) is 2.30. The fourth-order valence-electron chi connectivity index (χ4n) is 1.65. The Hall–Kier alpha value is -1.26. The van der Waals surface area contributed by atoms with Gasteiger partial charge in [-0.15, -0.1) is 0 Å². The minimum Gasteiger partial charge on any atom is -0.490 e. The quantitative estimate of drug-likeness (QED) is 0.817. The van der Waals surface area contributed by atoms with Crippen molar-refractivity contribution >= 4 is 0 Å². The summed E-state index contributed by atoms with van der Waals surface area (Å²) in [6.45, 7) is 7.97. The Morgan fingerprint density at radius 2 is 1.67 bits per heavy atom. The van der Waals surface area contributed by atoms with Crippen LogP contribution in [0.5, 0.6) is 11.5 Å². The molecule has 0 aliphatic rings. The fraction of sp³-hybridized carbons (Fsp3) is 0.571. The predicted molar refractivity (Wildman–Crippen MR) is 70.0 cm³/mol. The summed E-state index contributed by atoms with van der Waals surface area (Å²) >= 11 is 0. The number of hydrogen-bond acceptors (Lipinski definition) is 4. The molecule has 0 aliphatic heterocycles. The molecule has 1 atom stereocenters. The molecule has 1 aromatic carbocycles. The van der Waals surface area contributed by atoms with Gasteiger partial charge in [0.15, 0.2) is 11.5 Å². The SMILES string of the molecule is CCOc1ccc(C(O)C(C)(C)O)cc1OCC. The first-order valence-electron chi connectivity index (χ1n) is 6.20. The second-order valence-electron chi connectivity index (χ2n) is 4.63. The van der Waals surface area contributed by atoms with Crippen LogP contribution in [0.25, 0.3) is 0 Å². The zero-order chi connectivity index (χ0) is 13.8. The highest BCUT2D eigenvalue weighted by molar-refractivity contribution is 5.44. The smallest absolute Gasteiger partial charge is 0.161 e. The zero-order valence-electron chi connectivity index (χ0n) is 11.4. The van der Waals surface area contributed by atoms with Gasteiger partial charge in [0.25, 0.3) is 0 Å². The van der Waals surface area contributed by atoms with Crippen LogP contribution in [-0.4, -0.2) is 29.0 Å². The van der Waals surface area contributed by atoms with E-state index < -0.39 is 11.7 Å². The molecule has 18 heavy (non-hydrogen) atoms. The third-order valence-corrected chi connectivity index (χ3v) is 2.55. The fourth-order valence-corrected chi connectivity index (χ4v) is 1.65. The lowest BCUT2D eigenvalue weighted by Gasteiger charge is -2.25. The number of hydrogen-bond donors (Lipinski definition) is 2. The molecule has 1 aromatic rings. The number of aliphatic hydroxyl groups excluding tert-OH is 1. The number of aliphatic hydroxyl groups is 2. The van der Waals surface area contributed by atoms with Crippen LogP contribution < -0.4 is 9.47 Å². The lowest BCUT2D eigenvalue weighted by atomic mass is 9.94. The summed E-state index contributed by atoms with van der Waals surface area (Å²) in [5.74, 6) is 1.23. The van der Waals surface area contributed by atoms with Crippen molar-refractivity contribution in [2.24, 2.45) is 0 Å². The normalized spacial score (nSPS) is 13.2. The minimum atomic E-state index is -1.20. The van der Waals surface area contributed by atoms with Crippen molar-refractivity contribution in [3.63, 3.8) is 0 Å². The van der Waals surface area contributed by atoms with Gasteiger partial charge in [-0.25, -0.2) is 0 Å². The maximum absolute atomic E-state index is 10.0. The Balaban J connectivity index is 3.06. The third kappa shape index (κ3) is 3.62. The van der Waals surface area contributed by atoms with E-state index in [-0.39, 0.29) is 0 Å². The van der Waals surface area contributed by atoms with Crippen molar-refractivity contribution < 1.29 is 19.7 Å². The van der Waals surface area contributed by atoms with Gasteiger partial charge >= 0.3 is 0 Å². The third-order valence-electron chi connectivity index (χ3n) is 2.55. The van der Waals surface area contributed by atoms with E-state index in [1.165, 1.54) is 0 Å². The number of ether oxygens (including phenoxy) is 2. The molecule has 0 bridgehead atoms. The molecule has 1 unspecified atom stereocenters. The van der Waals surface area contributed by atoms with Gasteiger partial charge in [0.2, 0.25) is 0 Å². The highest BCUT2D eigenvalue weighted by atomic mass is 16.5. The van der Waals surface area contributed by atoms with Gasteiger partial charge in [0.1, 0.15) is 6.10 Å². The summed E-state index contributed by atoms with van der Waals surface area (Å²) in [7, 11) is 0. The molecule has 0 amide bonds. The van der Waals surface area contributed by atoms with Crippen LogP contribution in [0.1, 0.15) is 39.4 Å². The minimum absolute atomic E-state index is 0.516. The second-order valence-corrected chi connectivity index (χ2v) is 4.63. The van der Waals surface area contributed by atoms with Crippen LogP contribution >= 0.6 is 0 Å². The van der Waals surface area contributed by atoms with E-state index in [9.17, 15) is 10.2 Å². The molecule has 0 heterocycles. The summed E-state index contributed by atoms with van der Waals surface area (Å²) in [5, 5.41) is 19.8. The van der Waals surface area contributed by atoms with Gasteiger partial charge in [0, 0.05) is 0 Å². The lowest BCUT2D eigenvalue weighted by molar-refractivity contribution is -0.0497. The molecule has 4 heteroatoms. The van der Waals surface area contributed by atoms with E-state index in [0.29, 0.717) is 30.3 Å². The predicted octanol–water partition coefficient (Wildman–Crippen LogP) is 2.29. The summed E-state index contributed by atoms with van der Waals surface area (Å²) in [6, 6.07) is 5.19. The van der Waals surface area contributed by atoms with Gasteiger partial charge < -0.3 is 19.7 Å². The van der Waals surface area contributed by atoms with Gasteiger partial charge in [-0.3, -0.25) is 0 Å². The summed E-state index contributed by atoms with van der Waals surface area (Å²) < 4.78 is 10.9. The van der Waals surface area contributed by atoms with Crippen molar-refractivity contribution in [2.75, 3.05) is 13.2 Å². The first-order valence-corrected chi connectivity index (χ1v) is 6.20. The standard InChI is InChI=1S/C14H22O4/c1-5-17-11-8-7-10(9-12(11)18-6-2)13(15)14(3,4)16/h7-9,13,15-16H,5-6H2,1-4H3. The van der Waals surface area contributed by atoms with Crippen molar-refractivity contribution in [3.8, 4) is 11.5 Å². The molecular formula is C14H22O4. The summed E-state index contributed by atoms with van der Waals surface area (Å²) in [6.07, 6.45) is -0.965. The largest absolute Gasteiger partial charge is 0.490 e. The average molecular weight is 254 g/mol. The van der Waals surface area contributed by atoms with E-state index in [4.69, 9.17) is 9.47 Å². The van der Waals surface area contributed by atoms with Crippen molar-refractivity contribution in [3.05, 3.63) is 23.8 Å². The maximum Gasteiger partial charge on any atom is 0.161 e. The van der Waals surface area contributed by atoms with E-state index in [1.54, 1.807) is 32.0 Å². The van der Waals surface area contributed by atoms with Gasteiger partial charge in [-0.2, -0.15) is 0 Å². The molecule has 0 aliphatic carbocycles. The molecule has 0 saturated heterocycles. The van der Waals surface area contributed by atoms with Crippen LogP contribution in [0.4, 0.5) is 0 Å². The first-order chi connectivity index (χ1) is 8.40. The van der Waals surface area contributed by atoms with Crippen molar-refractivity contribution in [1.82, 2.24) is 0 Å². The Morgan fingerprint density at radius 3 is 2.17 bits per heavy atom. The van der Waals surface area contributed by atoms with Gasteiger partial charge in [-0.05, 0) is 45.4 Å². The highest BCUT2D eigenvalue weighted by Gasteiger charge is 2.26. The summed E-state index contributed by atoms with van der Waals surface area (Å²) in [4.78, 5) is 0. The highest BCUT2D eigenvalue weighted by Crippen LogP contribution is 2.33. The monoisotopic (exact) mass is 254 g/mol. The number of benzene rings is 1. The molecule has 0 spiro atoms. The zero-order valence-corrected chi connectivity index (χ0v) is 11.4. The molecule has 4 nitrogen and oxygen atoms in total. The second kappa shape index (κ2) is 6.07. The number of rotatable bonds is 6. The maximum atomic E-state index is 10.0. The molecule has 0 aromatic heterocycles. The van der Waals surface area contributed by atoms with Crippen LogP contribution in [0.15, 0.2) is 18.2 Å². The molecule has 2 N–H and O–H groups in total. The first kappa shape index (κ1) is 14.8. The topological polar surface area (TPSA) is 58.9 Å². The lowest BCUT2D eigenvalue weighted by Crippen LogP contribution is -2.28. The van der Waals surface area contributed by atoms with E-state index in [1.807, 2.05) is 13.8 Å². The van der Waals surface area contributed by atoms with Crippen LogP contribution in [0, 0.1) is 0 Å². The van der Waals surface area contributed by atoms with E-state index >= 15 is 0 Å². The van der Waals surface area contributed by atoms with Crippen molar-refractivity contribution in [1.29, 1.82) is 0 Å². The van der Waals surface area contributed by atoms with Crippen LogP contribution in [-0.2, 0) is 0 Å². The molecule has 0 saturated carbocycles. The molecular weight excluding hydrogens is 232 g/mol.